The van der Waals surface area contributed by atoms with Crippen molar-refractivity contribution in [1.82, 2.24) is 24.7 Å². The molecule has 5 rings (SSSR count). The van der Waals surface area contributed by atoms with E-state index in [1.165, 1.54) is 16.9 Å². The Bertz CT molecular complexity index is 1440. The molecule has 1 aliphatic carbocycles. The summed E-state index contributed by atoms with van der Waals surface area (Å²) in [5.74, 6) is 0.0685. The number of pyridine rings is 1. The van der Waals surface area contributed by atoms with E-state index in [4.69, 9.17) is 0 Å². The van der Waals surface area contributed by atoms with Crippen LogP contribution in [0.3, 0.4) is 0 Å². The fourth-order valence-electron chi connectivity index (χ4n) is 4.32. The second-order valence-electron chi connectivity index (χ2n) is 7.72. The van der Waals surface area contributed by atoms with E-state index in [0.29, 0.717) is 40.7 Å². The molecule has 8 nitrogen and oxygen atoms in total. The molecule has 0 fully saturated rings. The molecule has 0 radical (unpaired) electrons. The molecule has 0 aliphatic heterocycles. The fraction of sp³-hybridized carbons (Fsp3) is 0.227. The molecule has 1 atom stereocenters. The Labute approximate surface area is 170 Å². The van der Waals surface area contributed by atoms with Gasteiger partial charge in [-0.3, -0.25) is 24.5 Å². The van der Waals surface area contributed by atoms with E-state index in [1.54, 1.807) is 6.92 Å². The maximum absolute atomic E-state index is 13.3. The summed E-state index contributed by atoms with van der Waals surface area (Å²) in [7, 11) is 0. The van der Waals surface area contributed by atoms with Crippen molar-refractivity contribution in [2.24, 2.45) is 0 Å². The van der Waals surface area contributed by atoms with Crippen LogP contribution in [0.4, 0.5) is 0 Å². The van der Waals surface area contributed by atoms with E-state index in [0.717, 1.165) is 11.1 Å². The normalized spacial score (nSPS) is 16.1. The van der Waals surface area contributed by atoms with Crippen molar-refractivity contribution in [1.29, 1.82) is 0 Å². The minimum atomic E-state index is -0.388. The number of fused-ring (bicyclic) bond motifs is 3. The minimum Gasteiger partial charge on any atom is -0.294 e. The Hall–Kier alpha value is -3.81. The molecule has 3 heterocycles. The molecule has 150 valence electrons. The molecule has 30 heavy (non-hydrogen) atoms. The molecule has 0 bridgehead atoms. The van der Waals surface area contributed by atoms with Crippen LogP contribution in [0.2, 0.25) is 0 Å². The van der Waals surface area contributed by atoms with E-state index >= 15 is 0 Å². The first-order chi connectivity index (χ1) is 14.4. The van der Waals surface area contributed by atoms with Crippen molar-refractivity contribution in [2.75, 3.05) is 0 Å². The molecule has 1 aromatic carbocycles. The molecule has 3 aromatic heterocycles. The minimum absolute atomic E-state index is 0.00329. The van der Waals surface area contributed by atoms with E-state index in [2.05, 4.69) is 20.1 Å². The summed E-state index contributed by atoms with van der Waals surface area (Å²) in [5.41, 5.74) is 3.53. The van der Waals surface area contributed by atoms with Gasteiger partial charge < -0.3 is 0 Å². The number of hydrogen-bond acceptors (Lipinski definition) is 5. The first-order valence-corrected chi connectivity index (χ1v) is 9.72. The van der Waals surface area contributed by atoms with Crippen molar-refractivity contribution in [3.8, 4) is 5.95 Å². The fourth-order valence-corrected chi connectivity index (χ4v) is 4.32. The molecule has 0 saturated carbocycles. The zero-order chi connectivity index (χ0) is 21.0. The lowest BCUT2D eigenvalue weighted by Gasteiger charge is -2.25. The third kappa shape index (κ3) is 2.80. The number of rotatable bonds is 2. The van der Waals surface area contributed by atoms with E-state index < -0.39 is 0 Å². The van der Waals surface area contributed by atoms with Crippen LogP contribution in [-0.2, 0) is 6.42 Å². The van der Waals surface area contributed by atoms with Crippen LogP contribution in [0, 0.1) is 13.8 Å². The van der Waals surface area contributed by atoms with Gasteiger partial charge in [-0.2, -0.15) is 4.68 Å². The van der Waals surface area contributed by atoms with Crippen LogP contribution in [0.25, 0.3) is 17.0 Å². The number of aryl methyl sites for hydroxylation is 2. The average Bonchev–Trinajstić information content (AvgIpc) is 3.04. The van der Waals surface area contributed by atoms with Crippen LogP contribution in [0.5, 0.6) is 0 Å². The van der Waals surface area contributed by atoms with Gasteiger partial charge in [-0.15, -0.1) is 0 Å². The summed E-state index contributed by atoms with van der Waals surface area (Å²) in [6.07, 6.45) is 2.48. The number of nitrogens with one attached hydrogen (secondary N) is 2. The molecule has 0 spiro atoms. The van der Waals surface area contributed by atoms with Gasteiger partial charge in [0.05, 0.1) is 5.39 Å². The van der Waals surface area contributed by atoms with Gasteiger partial charge in [0, 0.05) is 29.9 Å². The summed E-state index contributed by atoms with van der Waals surface area (Å²) in [6, 6.07) is 9.35. The van der Waals surface area contributed by atoms with Crippen LogP contribution >= 0.6 is 0 Å². The Morgan fingerprint density at radius 1 is 1.10 bits per heavy atom. The lowest BCUT2D eigenvalue weighted by molar-refractivity contribution is 0.0964. The Balaban J connectivity index is 1.71. The van der Waals surface area contributed by atoms with Crippen molar-refractivity contribution in [3.05, 3.63) is 85.2 Å². The second kappa shape index (κ2) is 6.62. The third-order valence-corrected chi connectivity index (χ3v) is 5.70. The first kappa shape index (κ1) is 18.2. The van der Waals surface area contributed by atoms with Gasteiger partial charge in [0.15, 0.2) is 11.4 Å². The molecule has 0 amide bonds. The zero-order valence-corrected chi connectivity index (χ0v) is 16.5. The molecular formula is C22H19N5O3. The van der Waals surface area contributed by atoms with E-state index in [-0.39, 0.29) is 28.8 Å². The number of hydrogen-bond donors (Lipinski definition) is 2. The number of H-pyrrole nitrogens is 2. The highest BCUT2D eigenvalue weighted by Gasteiger charge is 2.30. The molecule has 8 heteroatoms. The molecule has 1 unspecified atom stereocenters. The Morgan fingerprint density at radius 3 is 2.67 bits per heavy atom. The van der Waals surface area contributed by atoms with Gasteiger partial charge in [-0.05, 0) is 42.9 Å². The van der Waals surface area contributed by atoms with Crippen molar-refractivity contribution in [2.45, 2.75) is 32.6 Å². The number of carbonyl (C=O) groups excluding carboxylic acids is 1. The van der Waals surface area contributed by atoms with E-state index in [1.807, 2.05) is 31.2 Å². The van der Waals surface area contributed by atoms with Crippen molar-refractivity contribution >= 4 is 16.8 Å². The number of carbonyl (C=O) groups is 1. The molecule has 4 aromatic rings. The van der Waals surface area contributed by atoms with Gasteiger partial charge in [-0.25, -0.2) is 9.97 Å². The van der Waals surface area contributed by atoms with Crippen LogP contribution in [0.1, 0.15) is 45.1 Å². The zero-order valence-electron chi connectivity index (χ0n) is 16.5. The molecule has 1 aliphatic rings. The number of Topliss-reactive ketones (excluding diaryl/α,β-unsaturated/α-hetero) is 1. The van der Waals surface area contributed by atoms with Crippen molar-refractivity contribution in [3.63, 3.8) is 0 Å². The highest BCUT2D eigenvalue weighted by molar-refractivity contribution is 6.02. The monoisotopic (exact) mass is 401 g/mol. The van der Waals surface area contributed by atoms with Gasteiger partial charge >= 0.3 is 0 Å². The van der Waals surface area contributed by atoms with Crippen molar-refractivity contribution < 1.29 is 4.79 Å². The van der Waals surface area contributed by atoms with E-state index in [9.17, 15) is 14.4 Å². The summed E-state index contributed by atoms with van der Waals surface area (Å²) in [4.78, 5) is 49.1. The van der Waals surface area contributed by atoms with Gasteiger partial charge in [-0.1, -0.05) is 24.3 Å². The number of benzene rings is 1. The highest BCUT2D eigenvalue weighted by Crippen LogP contribution is 2.35. The number of ketones is 1. The average molecular weight is 401 g/mol. The summed E-state index contributed by atoms with van der Waals surface area (Å²) in [5, 5.41) is 3.28. The lowest BCUT2D eigenvalue weighted by Crippen LogP contribution is -2.24. The topological polar surface area (TPSA) is 113 Å². The maximum Gasteiger partial charge on any atom is 0.283 e. The maximum atomic E-state index is 13.3. The van der Waals surface area contributed by atoms with Gasteiger partial charge in [0.25, 0.3) is 11.1 Å². The SMILES string of the molecule is Cc1cc(=O)[nH]c(-n2[nH]c3ncc4c(c3c2=O)CC(c2ccccc2C)CC4=O)n1. The molecule has 2 N–H and O–H groups in total. The summed E-state index contributed by atoms with van der Waals surface area (Å²) >= 11 is 0. The smallest absolute Gasteiger partial charge is 0.283 e. The number of aromatic nitrogens is 5. The first-order valence-electron chi connectivity index (χ1n) is 9.72. The predicted octanol–water partition coefficient (Wildman–Crippen LogP) is 2.33. The molecular weight excluding hydrogens is 382 g/mol. The van der Waals surface area contributed by atoms with Gasteiger partial charge in [0.2, 0.25) is 5.95 Å². The summed E-state index contributed by atoms with van der Waals surface area (Å²) < 4.78 is 1.17. The Kier molecular flexibility index (Phi) is 4.02. The van der Waals surface area contributed by atoms with Crippen LogP contribution < -0.4 is 11.1 Å². The highest BCUT2D eigenvalue weighted by atomic mass is 16.1. The predicted molar refractivity (Wildman–Crippen MR) is 111 cm³/mol. The van der Waals surface area contributed by atoms with Gasteiger partial charge in [0.1, 0.15) is 0 Å². The number of aromatic amines is 2. The lowest BCUT2D eigenvalue weighted by atomic mass is 9.78. The largest absolute Gasteiger partial charge is 0.294 e. The quantitative estimate of drug-likeness (QED) is 0.535. The molecule has 0 saturated heterocycles. The number of nitrogens with zero attached hydrogens (tertiary/aromatic N) is 3. The third-order valence-electron chi connectivity index (χ3n) is 5.70. The van der Waals surface area contributed by atoms with Crippen LogP contribution in [-0.4, -0.2) is 30.5 Å². The standard InChI is InChI=1S/C22H19N5O3/c1-11-5-3-4-6-14(11)13-8-15-16(17(28)9-13)10-23-20-19(15)21(30)27(26-20)22-24-12(2)7-18(29)25-22/h3-7,10,13H,8-9H2,1-2H3,(H,23,26)(H,24,25,29). The Morgan fingerprint density at radius 2 is 1.90 bits per heavy atom. The second-order valence-corrected chi connectivity index (χ2v) is 7.72. The van der Waals surface area contributed by atoms with Crippen LogP contribution in [0.15, 0.2) is 46.1 Å². The summed E-state index contributed by atoms with van der Waals surface area (Å²) in [6.45, 7) is 3.71.